The molecule has 0 bridgehead atoms. The minimum Gasteiger partial charge on any atom is -0.478 e. The zero-order valence-electron chi connectivity index (χ0n) is 10.9. The molecule has 0 spiro atoms. The van der Waals surface area contributed by atoms with Crippen molar-refractivity contribution in [1.82, 2.24) is 25.6 Å². The summed E-state index contributed by atoms with van der Waals surface area (Å²) in [5.74, 6) is -0.264. The van der Waals surface area contributed by atoms with Crippen LogP contribution in [-0.4, -0.2) is 36.7 Å². The van der Waals surface area contributed by atoms with Gasteiger partial charge in [-0.05, 0) is 35.6 Å². The van der Waals surface area contributed by atoms with Crippen LogP contribution in [0.4, 0.5) is 0 Å². The molecule has 0 aromatic carbocycles. The minimum absolute atomic E-state index is 0.281. The Morgan fingerprint density at radius 1 is 1.30 bits per heavy atom. The number of carboxylic acid groups (broad SMARTS) is 1. The Morgan fingerprint density at radius 2 is 2.10 bits per heavy atom. The van der Waals surface area contributed by atoms with Gasteiger partial charge >= 0.3 is 5.97 Å². The van der Waals surface area contributed by atoms with Gasteiger partial charge in [0.25, 0.3) is 0 Å². The van der Waals surface area contributed by atoms with E-state index in [2.05, 4.69) is 25.6 Å². The van der Waals surface area contributed by atoms with Crippen LogP contribution in [0.15, 0.2) is 12.3 Å². The number of rotatable bonds is 3. The van der Waals surface area contributed by atoms with E-state index in [1.807, 2.05) is 0 Å². The van der Waals surface area contributed by atoms with Gasteiger partial charge in [0.1, 0.15) is 5.69 Å². The monoisotopic (exact) mass is 273 g/mol. The van der Waals surface area contributed by atoms with E-state index in [1.165, 1.54) is 12.6 Å². The number of aromatic nitrogens is 5. The van der Waals surface area contributed by atoms with Gasteiger partial charge in [0.15, 0.2) is 0 Å². The lowest BCUT2D eigenvalue weighted by Crippen LogP contribution is -2.11. The van der Waals surface area contributed by atoms with Crippen LogP contribution >= 0.6 is 0 Å². The Morgan fingerprint density at radius 3 is 2.75 bits per heavy atom. The van der Waals surface area contributed by atoms with Crippen molar-refractivity contribution < 1.29 is 9.90 Å². The molecule has 2 N–H and O–H groups in total. The second kappa shape index (κ2) is 5.36. The normalized spacial score (nSPS) is 16.2. The first-order valence-electron chi connectivity index (χ1n) is 6.73. The van der Waals surface area contributed by atoms with E-state index in [0.29, 0.717) is 11.5 Å². The molecule has 7 nitrogen and oxygen atoms in total. The van der Waals surface area contributed by atoms with Gasteiger partial charge in [-0.25, -0.2) is 4.79 Å². The topological polar surface area (TPSA) is 105 Å². The Kier molecular flexibility index (Phi) is 3.41. The van der Waals surface area contributed by atoms with E-state index in [-0.39, 0.29) is 11.5 Å². The van der Waals surface area contributed by atoms with E-state index in [9.17, 15) is 9.90 Å². The fourth-order valence-corrected chi connectivity index (χ4v) is 2.79. The Bertz CT molecular complexity index is 605. The second-order valence-corrected chi connectivity index (χ2v) is 5.03. The highest BCUT2D eigenvalue weighted by Crippen LogP contribution is 2.35. The Hall–Kier alpha value is -2.31. The molecule has 0 unspecified atom stereocenters. The number of carboxylic acids is 1. The summed E-state index contributed by atoms with van der Waals surface area (Å²) >= 11 is 0. The average Bonchev–Trinajstić information content (AvgIpc) is 3.02. The van der Waals surface area contributed by atoms with E-state index < -0.39 is 5.97 Å². The first-order chi connectivity index (χ1) is 9.75. The summed E-state index contributed by atoms with van der Waals surface area (Å²) in [5, 5.41) is 23.0. The predicted molar refractivity (Wildman–Crippen MR) is 70.2 cm³/mol. The lowest BCUT2D eigenvalue weighted by Gasteiger charge is -2.23. The molecule has 1 aliphatic carbocycles. The van der Waals surface area contributed by atoms with Crippen LogP contribution in [0.3, 0.4) is 0 Å². The maximum absolute atomic E-state index is 11.4. The summed E-state index contributed by atoms with van der Waals surface area (Å²) in [6.07, 6.45) is 6.96. The number of carbonyl (C=O) groups is 1. The zero-order valence-corrected chi connectivity index (χ0v) is 10.9. The summed E-state index contributed by atoms with van der Waals surface area (Å²) in [4.78, 5) is 15.5. The fraction of sp³-hybridized carbons (Fsp3) is 0.462. The lowest BCUT2D eigenvalue weighted by molar-refractivity contribution is 0.0694. The maximum Gasteiger partial charge on any atom is 0.337 e. The van der Waals surface area contributed by atoms with Crippen LogP contribution in [0, 0.1) is 0 Å². The molecule has 0 atom stereocenters. The van der Waals surface area contributed by atoms with Crippen molar-refractivity contribution >= 4 is 5.97 Å². The number of nitrogens with zero attached hydrogens (tertiary/aromatic N) is 4. The van der Waals surface area contributed by atoms with Crippen molar-refractivity contribution in [2.24, 2.45) is 0 Å². The smallest absolute Gasteiger partial charge is 0.337 e. The molecule has 3 rings (SSSR count). The largest absolute Gasteiger partial charge is 0.478 e. The third kappa shape index (κ3) is 2.38. The van der Waals surface area contributed by atoms with Crippen molar-refractivity contribution in [3.8, 4) is 11.5 Å². The molecule has 2 aromatic rings. The van der Waals surface area contributed by atoms with E-state index in [0.717, 1.165) is 31.2 Å². The quantitative estimate of drug-likeness (QED) is 0.886. The summed E-state index contributed by atoms with van der Waals surface area (Å²) < 4.78 is 0. The molecular weight excluding hydrogens is 258 g/mol. The van der Waals surface area contributed by atoms with E-state index in [4.69, 9.17) is 0 Å². The van der Waals surface area contributed by atoms with Crippen molar-refractivity contribution in [3.05, 3.63) is 23.4 Å². The van der Waals surface area contributed by atoms with Crippen molar-refractivity contribution in [2.45, 2.75) is 38.0 Å². The van der Waals surface area contributed by atoms with Crippen molar-refractivity contribution in [1.29, 1.82) is 0 Å². The Balaban J connectivity index is 2.03. The molecule has 0 radical (unpaired) electrons. The van der Waals surface area contributed by atoms with Gasteiger partial charge < -0.3 is 5.11 Å². The summed E-state index contributed by atoms with van der Waals surface area (Å²) in [5.41, 5.74) is 1.68. The highest BCUT2D eigenvalue weighted by Gasteiger charge is 2.23. The first kappa shape index (κ1) is 12.7. The van der Waals surface area contributed by atoms with Gasteiger partial charge in [-0.2, -0.15) is 5.21 Å². The second-order valence-electron chi connectivity index (χ2n) is 5.03. The third-order valence-corrected chi connectivity index (χ3v) is 3.79. The Labute approximate surface area is 115 Å². The van der Waals surface area contributed by atoms with Crippen LogP contribution in [0.1, 0.15) is 53.9 Å². The average molecular weight is 273 g/mol. The van der Waals surface area contributed by atoms with Crippen LogP contribution in [0.25, 0.3) is 11.5 Å². The molecule has 104 valence electrons. The number of H-pyrrole nitrogens is 1. The molecular formula is C13H15N5O2. The number of hydrogen-bond acceptors (Lipinski definition) is 5. The van der Waals surface area contributed by atoms with Crippen LogP contribution in [-0.2, 0) is 0 Å². The number of nitrogens with one attached hydrogen (secondary N) is 1. The summed E-state index contributed by atoms with van der Waals surface area (Å²) in [6.45, 7) is 0. The molecule has 1 fully saturated rings. The molecule has 0 aliphatic heterocycles. The lowest BCUT2D eigenvalue weighted by atomic mass is 9.82. The van der Waals surface area contributed by atoms with Crippen LogP contribution in [0.2, 0.25) is 0 Å². The molecule has 20 heavy (non-hydrogen) atoms. The van der Waals surface area contributed by atoms with Gasteiger partial charge in [0, 0.05) is 6.20 Å². The van der Waals surface area contributed by atoms with Crippen LogP contribution in [0.5, 0.6) is 0 Å². The van der Waals surface area contributed by atoms with Gasteiger partial charge in [0.05, 0.1) is 5.56 Å². The number of tetrazole rings is 1. The van der Waals surface area contributed by atoms with Gasteiger partial charge in [0.2, 0.25) is 5.82 Å². The summed E-state index contributed by atoms with van der Waals surface area (Å²) in [6, 6.07) is 1.80. The maximum atomic E-state index is 11.4. The highest BCUT2D eigenvalue weighted by molar-refractivity contribution is 5.89. The molecule has 1 aliphatic rings. The standard InChI is InChI=1S/C13H15N5O2/c19-13(20)10-7-14-11(12-15-17-18-16-12)6-9(10)8-4-2-1-3-5-8/h6-8H,1-5H2,(H,19,20)(H,15,16,17,18). The van der Waals surface area contributed by atoms with Crippen LogP contribution < -0.4 is 0 Å². The summed E-state index contributed by atoms with van der Waals surface area (Å²) in [7, 11) is 0. The molecule has 7 heteroatoms. The number of aromatic carboxylic acids is 1. The minimum atomic E-state index is -0.933. The molecule has 0 amide bonds. The van der Waals surface area contributed by atoms with Gasteiger partial charge in [-0.1, -0.05) is 19.3 Å². The number of aromatic amines is 1. The van der Waals surface area contributed by atoms with Gasteiger partial charge in [-0.15, -0.1) is 10.2 Å². The van der Waals surface area contributed by atoms with Crippen molar-refractivity contribution in [2.75, 3.05) is 0 Å². The highest BCUT2D eigenvalue weighted by atomic mass is 16.4. The fourth-order valence-electron chi connectivity index (χ4n) is 2.79. The SMILES string of the molecule is O=C(O)c1cnc(-c2nn[nH]n2)cc1C1CCCCC1. The number of pyridine rings is 1. The first-order valence-corrected chi connectivity index (χ1v) is 6.73. The molecule has 2 heterocycles. The van der Waals surface area contributed by atoms with Gasteiger partial charge in [-0.3, -0.25) is 4.98 Å². The zero-order chi connectivity index (χ0) is 13.9. The van der Waals surface area contributed by atoms with E-state index >= 15 is 0 Å². The van der Waals surface area contributed by atoms with Crippen molar-refractivity contribution in [3.63, 3.8) is 0 Å². The molecule has 2 aromatic heterocycles. The third-order valence-electron chi connectivity index (χ3n) is 3.79. The molecule has 0 saturated heterocycles. The predicted octanol–water partition coefficient (Wildman–Crippen LogP) is 2.01. The number of hydrogen-bond donors (Lipinski definition) is 2. The van der Waals surface area contributed by atoms with E-state index in [1.54, 1.807) is 6.07 Å². The molecule has 1 saturated carbocycles.